The van der Waals surface area contributed by atoms with Crippen LogP contribution in [-0.4, -0.2) is 29.2 Å². The minimum Gasteiger partial charge on any atom is -0.507 e. The van der Waals surface area contributed by atoms with E-state index in [0.29, 0.717) is 17.1 Å². The maximum Gasteiger partial charge on any atom is 0.362 e. The largest absolute Gasteiger partial charge is 0.507 e. The van der Waals surface area contributed by atoms with Gasteiger partial charge in [-0.1, -0.05) is 0 Å². The van der Waals surface area contributed by atoms with Crippen LogP contribution in [-0.2, 0) is 0 Å². The molecule has 0 bridgehead atoms. The fourth-order valence-corrected chi connectivity index (χ4v) is 2.42. The minimum absolute atomic E-state index is 0.0167. The number of nitrogens with zero attached hydrogens (tertiary/aromatic N) is 2. The Hall–Kier alpha value is -3.88. The van der Waals surface area contributed by atoms with Gasteiger partial charge in [0.15, 0.2) is 22.8 Å². The number of nitro benzene ring substituents is 1. The van der Waals surface area contributed by atoms with Crippen molar-refractivity contribution in [1.29, 1.82) is 0 Å². The van der Waals surface area contributed by atoms with Gasteiger partial charge in [-0.3, -0.25) is 10.1 Å². The lowest BCUT2D eigenvalue weighted by atomic mass is 10.1. The molecule has 0 amide bonds. The average Bonchev–Trinajstić information content (AvgIpc) is 2.67. The van der Waals surface area contributed by atoms with Gasteiger partial charge in [0.1, 0.15) is 11.3 Å². The summed E-state index contributed by atoms with van der Waals surface area (Å²) in [6.45, 7) is 0. The molecule has 1 heterocycles. The quantitative estimate of drug-likeness (QED) is 0.412. The molecule has 9 heteroatoms. The molecule has 3 aromatic rings. The van der Waals surface area contributed by atoms with Gasteiger partial charge in [-0.2, -0.15) is 0 Å². The molecule has 2 aromatic carbocycles. The van der Waals surface area contributed by atoms with Gasteiger partial charge in [-0.15, -0.1) is 0 Å². The smallest absolute Gasteiger partial charge is 0.362 e. The highest BCUT2D eigenvalue weighted by Crippen LogP contribution is 2.30. The van der Waals surface area contributed by atoms with E-state index in [1.54, 1.807) is 12.1 Å². The zero-order valence-electron chi connectivity index (χ0n) is 14.3. The third-order valence-electron chi connectivity index (χ3n) is 3.76. The van der Waals surface area contributed by atoms with E-state index < -0.39 is 10.5 Å². The number of aromatic nitrogens is 1. The fraction of sp³-hybridized carbons (Fsp3) is 0.111. The summed E-state index contributed by atoms with van der Waals surface area (Å²) in [5.74, 6) is 0.650. The third-order valence-corrected chi connectivity index (χ3v) is 3.76. The standard InChI is InChI=1S/C18H14N2O7/c1-25-15-6-3-10(7-17(15)26-2)14(21)9-13-18(22)27-16-8-11(20(23)24)4-5-12(16)19-13/h3-9,21H,1-2H3/b14-9-. The third kappa shape index (κ3) is 3.56. The van der Waals surface area contributed by atoms with Crippen LogP contribution in [0.15, 0.2) is 45.6 Å². The summed E-state index contributed by atoms with van der Waals surface area (Å²) < 4.78 is 15.4. The second kappa shape index (κ2) is 7.16. The number of aliphatic hydroxyl groups excluding tert-OH is 1. The number of non-ortho nitro benzene ring substituents is 1. The Balaban J connectivity index is 2.04. The summed E-state index contributed by atoms with van der Waals surface area (Å²) in [6, 6.07) is 8.45. The Morgan fingerprint density at radius 3 is 2.59 bits per heavy atom. The van der Waals surface area contributed by atoms with Crippen molar-refractivity contribution in [3.63, 3.8) is 0 Å². The number of benzene rings is 2. The molecule has 0 radical (unpaired) electrons. The summed E-state index contributed by atoms with van der Waals surface area (Å²) in [5.41, 5.74) is -0.608. The predicted octanol–water partition coefficient (Wildman–Crippen LogP) is 3.17. The molecule has 0 unspecified atom stereocenters. The highest BCUT2D eigenvalue weighted by Gasteiger charge is 2.13. The van der Waals surface area contributed by atoms with Gasteiger partial charge in [0.25, 0.3) is 5.69 Å². The van der Waals surface area contributed by atoms with Crippen LogP contribution in [0, 0.1) is 10.1 Å². The molecule has 27 heavy (non-hydrogen) atoms. The van der Waals surface area contributed by atoms with Gasteiger partial charge in [0.05, 0.1) is 25.2 Å². The van der Waals surface area contributed by atoms with Crippen molar-refractivity contribution >= 4 is 28.6 Å². The molecule has 138 valence electrons. The minimum atomic E-state index is -0.838. The number of methoxy groups -OCH3 is 2. The molecule has 0 aliphatic carbocycles. The molecular formula is C18H14N2O7. The summed E-state index contributed by atoms with van der Waals surface area (Å²) >= 11 is 0. The van der Waals surface area contributed by atoms with E-state index in [1.165, 1.54) is 32.4 Å². The van der Waals surface area contributed by atoms with E-state index in [9.17, 15) is 20.0 Å². The molecule has 1 aromatic heterocycles. The van der Waals surface area contributed by atoms with Crippen LogP contribution < -0.4 is 15.1 Å². The van der Waals surface area contributed by atoms with Gasteiger partial charge in [0.2, 0.25) is 0 Å². The van der Waals surface area contributed by atoms with E-state index in [2.05, 4.69) is 4.98 Å². The number of fused-ring (bicyclic) bond motifs is 1. The fourth-order valence-electron chi connectivity index (χ4n) is 2.42. The van der Waals surface area contributed by atoms with Crippen LogP contribution in [0.3, 0.4) is 0 Å². The maximum atomic E-state index is 12.1. The van der Waals surface area contributed by atoms with Gasteiger partial charge in [0, 0.05) is 17.7 Å². The Morgan fingerprint density at radius 1 is 1.19 bits per heavy atom. The molecule has 0 aliphatic heterocycles. The Labute approximate surface area is 152 Å². The van der Waals surface area contributed by atoms with Crippen molar-refractivity contribution in [2.24, 2.45) is 0 Å². The molecule has 0 atom stereocenters. The van der Waals surface area contributed by atoms with Crippen molar-refractivity contribution in [1.82, 2.24) is 4.98 Å². The number of hydrogen-bond donors (Lipinski definition) is 1. The number of hydrogen-bond acceptors (Lipinski definition) is 8. The number of aliphatic hydroxyl groups is 1. The van der Waals surface area contributed by atoms with E-state index in [1.807, 2.05) is 0 Å². The van der Waals surface area contributed by atoms with Crippen LogP contribution >= 0.6 is 0 Å². The average molecular weight is 370 g/mol. The first-order valence-electron chi connectivity index (χ1n) is 7.65. The van der Waals surface area contributed by atoms with Crippen LogP contribution in [0.1, 0.15) is 11.3 Å². The molecule has 0 saturated heterocycles. The first kappa shape index (κ1) is 17.9. The van der Waals surface area contributed by atoms with Crippen LogP contribution in [0.4, 0.5) is 5.69 Å². The highest BCUT2D eigenvalue weighted by atomic mass is 16.6. The second-order valence-electron chi connectivity index (χ2n) is 5.40. The Morgan fingerprint density at radius 2 is 1.93 bits per heavy atom. The molecule has 9 nitrogen and oxygen atoms in total. The van der Waals surface area contributed by atoms with E-state index in [-0.39, 0.29) is 28.2 Å². The molecule has 1 N–H and O–H groups in total. The van der Waals surface area contributed by atoms with Crippen molar-refractivity contribution < 1.29 is 23.9 Å². The molecule has 0 aliphatic rings. The van der Waals surface area contributed by atoms with Gasteiger partial charge >= 0.3 is 5.63 Å². The van der Waals surface area contributed by atoms with Crippen LogP contribution in [0.25, 0.3) is 22.9 Å². The number of rotatable bonds is 5. The van der Waals surface area contributed by atoms with Gasteiger partial charge in [-0.05, 0) is 24.3 Å². The summed E-state index contributed by atoms with van der Waals surface area (Å²) in [4.78, 5) is 26.4. The highest BCUT2D eigenvalue weighted by molar-refractivity contribution is 5.79. The molecule has 0 saturated carbocycles. The first-order valence-corrected chi connectivity index (χ1v) is 7.65. The van der Waals surface area contributed by atoms with Crippen molar-refractivity contribution in [3.8, 4) is 11.5 Å². The summed E-state index contributed by atoms with van der Waals surface area (Å²) in [7, 11) is 2.95. The maximum absolute atomic E-state index is 12.1. The van der Waals surface area contributed by atoms with E-state index in [4.69, 9.17) is 13.9 Å². The lowest BCUT2D eigenvalue weighted by Crippen LogP contribution is -2.07. The second-order valence-corrected chi connectivity index (χ2v) is 5.40. The lowest BCUT2D eigenvalue weighted by molar-refractivity contribution is -0.384. The molecule has 0 fully saturated rings. The summed E-state index contributed by atoms with van der Waals surface area (Å²) in [5, 5.41) is 21.1. The zero-order valence-corrected chi connectivity index (χ0v) is 14.3. The van der Waals surface area contributed by atoms with E-state index in [0.717, 1.165) is 12.1 Å². The van der Waals surface area contributed by atoms with Crippen LogP contribution in [0.2, 0.25) is 0 Å². The first-order chi connectivity index (χ1) is 12.9. The Bertz CT molecular complexity index is 1120. The zero-order chi connectivity index (χ0) is 19.6. The summed E-state index contributed by atoms with van der Waals surface area (Å²) in [6.07, 6.45) is 1.15. The van der Waals surface area contributed by atoms with Gasteiger partial charge < -0.3 is 19.0 Å². The normalized spacial score (nSPS) is 11.4. The van der Waals surface area contributed by atoms with Gasteiger partial charge in [-0.25, -0.2) is 9.78 Å². The van der Waals surface area contributed by atoms with E-state index >= 15 is 0 Å². The monoisotopic (exact) mass is 370 g/mol. The Kier molecular flexibility index (Phi) is 4.75. The molecular weight excluding hydrogens is 356 g/mol. The number of ether oxygens (including phenoxy) is 2. The SMILES string of the molecule is COc1ccc(/C(O)=C/c2nc3ccc([N+](=O)[O-])cc3oc2=O)cc1OC. The van der Waals surface area contributed by atoms with Crippen molar-refractivity contribution in [3.05, 3.63) is 68.2 Å². The lowest BCUT2D eigenvalue weighted by Gasteiger charge is -2.09. The topological polar surface area (TPSA) is 125 Å². The molecule has 0 spiro atoms. The predicted molar refractivity (Wildman–Crippen MR) is 97.0 cm³/mol. The van der Waals surface area contributed by atoms with Crippen molar-refractivity contribution in [2.75, 3.05) is 14.2 Å². The number of nitro groups is 1. The van der Waals surface area contributed by atoms with Crippen molar-refractivity contribution in [2.45, 2.75) is 0 Å². The van der Waals surface area contributed by atoms with Crippen LogP contribution in [0.5, 0.6) is 11.5 Å². The molecule has 3 rings (SSSR count).